The number of nitrogens with one attached hydrogen (secondary N) is 2. The number of hydrogen-bond acceptors (Lipinski definition) is 3. The number of aromatic amines is 1. The van der Waals surface area contributed by atoms with Gasteiger partial charge in [0.1, 0.15) is 5.82 Å². The van der Waals surface area contributed by atoms with Crippen LogP contribution in [0.25, 0.3) is 0 Å². The third kappa shape index (κ3) is 4.59. The number of hydrogen-bond donors (Lipinski definition) is 2. The summed E-state index contributed by atoms with van der Waals surface area (Å²) in [6, 6.07) is -0.233. The van der Waals surface area contributed by atoms with Gasteiger partial charge in [0.15, 0.2) is 0 Å². The van der Waals surface area contributed by atoms with Crippen LogP contribution in [0.15, 0.2) is 0 Å². The molecule has 1 aliphatic rings. The Morgan fingerprint density at radius 1 is 1.39 bits per heavy atom. The number of halogens is 3. The summed E-state index contributed by atoms with van der Waals surface area (Å²) in [4.78, 5) is 17.1. The largest absolute Gasteiger partial charge is 0.453 e. The van der Waals surface area contributed by atoms with Crippen molar-refractivity contribution in [2.75, 3.05) is 7.05 Å². The molecule has 9 heteroatoms. The molecule has 1 atom stereocenters. The van der Waals surface area contributed by atoms with Crippen molar-refractivity contribution < 1.29 is 18.0 Å². The van der Waals surface area contributed by atoms with Crippen molar-refractivity contribution in [1.82, 2.24) is 25.4 Å². The van der Waals surface area contributed by atoms with E-state index < -0.39 is 12.0 Å². The van der Waals surface area contributed by atoms with Crippen molar-refractivity contribution in [3.05, 3.63) is 11.6 Å². The number of rotatable bonds is 4. The predicted molar refractivity (Wildman–Crippen MR) is 77.4 cm³/mol. The van der Waals surface area contributed by atoms with Crippen LogP contribution in [0.5, 0.6) is 0 Å². The first kappa shape index (κ1) is 17.6. The van der Waals surface area contributed by atoms with Crippen LogP contribution >= 0.6 is 0 Å². The summed E-state index contributed by atoms with van der Waals surface area (Å²) in [6.45, 7) is 1.88. The van der Waals surface area contributed by atoms with Crippen molar-refractivity contribution in [2.24, 2.45) is 5.92 Å². The van der Waals surface area contributed by atoms with Crippen molar-refractivity contribution in [3.63, 3.8) is 0 Å². The molecule has 1 saturated carbocycles. The number of aromatic nitrogens is 3. The summed E-state index contributed by atoms with van der Waals surface area (Å²) in [5.74, 6) is -0.781. The van der Waals surface area contributed by atoms with E-state index in [0.29, 0.717) is 5.92 Å². The lowest BCUT2D eigenvalue weighted by Gasteiger charge is -2.34. The molecule has 2 amide bonds. The highest BCUT2D eigenvalue weighted by Gasteiger charge is 2.36. The lowest BCUT2D eigenvalue weighted by Crippen LogP contribution is -2.45. The third-order valence-electron chi connectivity index (χ3n) is 4.46. The maximum atomic E-state index is 12.4. The molecule has 1 aromatic heterocycles. The van der Waals surface area contributed by atoms with Gasteiger partial charge >= 0.3 is 12.2 Å². The molecule has 1 fully saturated rings. The molecule has 1 aliphatic carbocycles. The lowest BCUT2D eigenvalue weighted by atomic mass is 9.84. The fourth-order valence-corrected chi connectivity index (χ4v) is 2.90. The Labute approximate surface area is 132 Å². The molecular weight excluding hydrogens is 311 g/mol. The average molecular weight is 333 g/mol. The summed E-state index contributed by atoms with van der Waals surface area (Å²) in [7, 11) is 1.70. The van der Waals surface area contributed by atoms with Gasteiger partial charge in [-0.3, -0.25) is 5.10 Å². The summed E-state index contributed by atoms with van der Waals surface area (Å²) in [6.07, 6.45) is 1.23. The number of amides is 2. The Hall–Kier alpha value is -1.80. The summed E-state index contributed by atoms with van der Waals surface area (Å²) in [5.41, 5.74) is 0. The van der Waals surface area contributed by atoms with Gasteiger partial charge in [-0.1, -0.05) is 19.3 Å². The Morgan fingerprint density at radius 3 is 2.61 bits per heavy atom. The summed E-state index contributed by atoms with van der Waals surface area (Å²) < 4.78 is 37.2. The second kappa shape index (κ2) is 7.18. The quantitative estimate of drug-likeness (QED) is 0.890. The molecule has 1 unspecified atom stereocenters. The van der Waals surface area contributed by atoms with Crippen LogP contribution in [-0.4, -0.2) is 39.2 Å². The van der Waals surface area contributed by atoms with Gasteiger partial charge in [0.2, 0.25) is 0 Å². The standard InChI is InChI=1S/C14H22F3N5O/c1-9(10-6-4-3-5-7-10)22(2)13(23)18-8-11-19-12(21-20-11)14(15,16)17/h9-10H,3-8H2,1-2H3,(H,18,23)(H,19,20,21). The molecule has 1 heterocycles. The molecule has 23 heavy (non-hydrogen) atoms. The molecule has 0 spiro atoms. The van der Waals surface area contributed by atoms with Gasteiger partial charge in [-0.15, -0.1) is 5.10 Å². The van der Waals surface area contributed by atoms with E-state index in [1.807, 2.05) is 6.92 Å². The number of urea groups is 1. The minimum absolute atomic E-state index is 0.0237. The normalized spacial score (nSPS) is 17.8. The highest BCUT2D eigenvalue weighted by molar-refractivity contribution is 5.74. The minimum Gasteiger partial charge on any atom is -0.331 e. The zero-order valence-electron chi connectivity index (χ0n) is 13.3. The van der Waals surface area contributed by atoms with Crippen LogP contribution in [0.2, 0.25) is 0 Å². The molecular formula is C14H22F3N5O. The first-order valence-electron chi connectivity index (χ1n) is 7.78. The van der Waals surface area contributed by atoms with E-state index in [2.05, 4.69) is 20.5 Å². The predicted octanol–water partition coefficient (Wildman–Crippen LogP) is 2.93. The topological polar surface area (TPSA) is 73.9 Å². The van der Waals surface area contributed by atoms with Gasteiger partial charge in [-0.2, -0.15) is 13.2 Å². The van der Waals surface area contributed by atoms with Crippen LogP contribution in [-0.2, 0) is 12.7 Å². The van der Waals surface area contributed by atoms with Crippen molar-refractivity contribution >= 4 is 6.03 Å². The van der Waals surface area contributed by atoms with E-state index >= 15 is 0 Å². The lowest BCUT2D eigenvalue weighted by molar-refractivity contribution is -0.144. The van der Waals surface area contributed by atoms with Crippen molar-refractivity contribution in [1.29, 1.82) is 0 Å². The summed E-state index contributed by atoms with van der Waals surface area (Å²) >= 11 is 0. The molecule has 2 rings (SSSR count). The van der Waals surface area contributed by atoms with Crippen LogP contribution in [0, 0.1) is 5.92 Å². The van der Waals surface area contributed by atoms with E-state index in [9.17, 15) is 18.0 Å². The number of alkyl halides is 3. The first-order valence-corrected chi connectivity index (χ1v) is 7.78. The fraction of sp³-hybridized carbons (Fsp3) is 0.786. The molecule has 0 aromatic carbocycles. The van der Waals surface area contributed by atoms with Crippen molar-refractivity contribution in [3.8, 4) is 0 Å². The van der Waals surface area contributed by atoms with E-state index in [4.69, 9.17) is 0 Å². The maximum Gasteiger partial charge on any atom is 0.453 e. The van der Waals surface area contributed by atoms with E-state index in [-0.39, 0.29) is 24.4 Å². The third-order valence-corrected chi connectivity index (χ3v) is 4.46. The van der Waals surface area contributed by atoms with Gasteiger partial charge in [0, 0.05) is 13.1 Å². The number of H-pyrrole nitrogens is 1. The second-order valence-corrected chi connectivity index (χ2v) is 6.01. The zero-order chi connectivity index (χ0) is 17.0. The monoisotopic (exact) mass is 333 g/mol. The van der Waals surface area contributed by atoms with Gasteiger partial charge < -0.3 is 10.2 Å². The van der Waals surface area contributed by atoms with E-state index in [0.717, 1.165) is 12.8 Å². The Balaban J connectivity index is 1.84. The van der Waals surface area contributed by atoms with E-state index in [1.165, 1.54) is 19.3 Å². The highest BCUT2D eigenvalue weighted by Crippen LogP contribution is 2.28. The van der Waals surface area contributed by atoms with Crippen LogP contribution in [0.1, 0.15) is 50.7 Å². The molecule has 130 valence electrons. The van der Waals surface area contributed by atoms with Crippen LogP contribution in [0.4, 0.5) is 18.0 Å². The van der Waals surface area contributed by atoms with Gasteiger partial charge in [-0.05, 0) is 25.7 Å². The Morgan fingerprint density at radius 2 is 2.04 bits per heavy atom. The minimum atomic E-state index is -4.59. The zero-order valence-corrected chi connectivity index (χ0v) is 13.3. The smallest absolute Gasteiger partial charge is 0.331 e. The highest BCUT2D eigenvalue weighted by atomic mass is 19.4. The molecule has 0 radical (unpaired) electrons. The first-order chi connectivity index (χ1) is 10.8. The number of carbonyl (C=O) groups is 1. The number of nitrogens with zero attached hydrogens (tertiary/aromatic N) is 3. The number of carbonyl (C=O) groups excluding carboxylic acids is 1. The molecule has 2 N–H and O–H groups in total. The Bertz CT molecular complexity index is 525. The summed E-state index contributed by atoms with van der Waals surface area (Å²) in [5, 5.41) is 7.85. The van der Waals surface area contributed by atoms with Gasteiger partial charge in [0.05, 0.1) is 6.54 Å². The van der Waals surface area contributed by atoms with Crippen molar-refractivity contribution in [2.45, 2.75) is 57.8 Å². The fourth-order valence-electron chi connectivity index (χ4n) is 2.90. The molecule has 0 saturated heterocycles. The molecule has 0 aliphatic heterocycles. The van der Waals surface area contributed by atoms with Gasteiger partial charge in [0.25, 0.3) is 5.82 Å². The van der Waals surface area contributed by atoms with Crippen LogP contribution in [0.3, 0.4) is 0 Å². The molecule has 0 bridgehead atoms. The maximum absolute atomic E-state index is 12.4. The Kier molecular flexibility index (Phi) is 5.48. The van der Waals surface area contributed by atoms with E-state index in [1.54, 1.807) is 11.9 Å². The molecule has 6 nitrogen and oxygen atoms in total. The second-order valence-electron chi connectivity index (χ2n) is 6.01. The van der Waals surface area contributed by atoms with Crippen LogP contribution < -0.4 is 5.32 Å². The SMILES string of the molecule is CC(C1CCCCC1)N(C)C(=O)NCc1nc(C(F)(F)F)n[nH]1. The average Bonchev–Trinajstić information content (AvgIpc) is 3.01. The van der Waals surface area contributed by atoms with Gasteiger partial charge in [-0.25, -0.2) is 9.78 Å². The molecule has 1 aromatic rings.